The van der Waals surface area contributed by atoms with Gasteiger partial charge in [0.15, 0.2) is 0 Å². The summed E-state index contributed by atoms with van der Waals surface area (Å²) in [4.78, 5) is 25.2. The molecule has 0 radical (unpaired) electrons. The third kappa shape index (κ3) is 5.19. The van der Waals surface area contributed by atoms with Crippen LogP contribution in [0, 0.1) is 11.8 Å². The van der Waals surface area contributed by atoms with E-state index in [1.807, 2.05) is 0 Å². The summed E-state index contributed by atoms with van der Waals surface area (Å²) in [5.74, 6) is 0.278. The number of piperidine rings is 1. The Balaban J connectivity index is 2.49. The van der Waals surface area contributed by atoms with Gasteiger partial charge < -0.3 is 15.3 Å². The third-order valence-corrected chi connectivity index (χ3v) is 3.56. The highest BCUT2D eigenvalue weighted by atomic mass is 16.3. The number of rotatable bonds is 5. The van der Waals surface area contributed by atoms with Crippen LogP contribution in [0.1, 0.15) is 40.0 Å². The molecule has 0 aromatic heterocycles. The van der Waals surface area contributed by atoms with Crippen LogP contribution in [0.15, 0.2) is 0 Å². The van der Waals surface area contributed by atoms with E-state index in [1.54, 1.807) is 4.90 Å². The lowest BCUT2D eigenvalue weighted by atomic mass is 9.96. The number of hydrogen-bond acceptors (Lipinski definition) is 3. The molecule has 110 valence electrons. The molecule has 0 saturated carbocycles. The van der Waals surface area contributed by atoms with Crippen LogP contribution in [0.3, 0.4) is 0 Å². The highest BCUT2D eigenvalue weighted by Gasteiger charge is 2.28. The summed E-state index contributed by atoms with van der Waals surface area (Å²) >= 11 is 0. The SMILES string of the molecule is CC(=O)N1CCCC(C(=O)NC(CO)CC(C)C)C1. The van der Waals surface area contributed by atoms with E-state index in [2.05, 4.69) is 19.2 Å². The maximum Gasteiger partial charge on any atom is 0.225 e. The number of amides is 2. The molecule has 5 nitrogen and oxygen atoms in total. The van der Waals surface area contributed by atoms with Crippen LogP contribution in [-0.2, 0) is 9.59 Å². The summed E-state index contributed by atoms with van der Waals surface area (Å²) in [6.45, 7) is 6.87. The van der Waals surface area contributed by atoms with E-state index in [1.165, 1.54) is 6.92 Å². The van der Waals surface area contributed by atoms with Gasteiger partial charge in [0.2, 0.25) is 11.8 Å². The molecule has 2 atom stereocenters. The monoisotopic (exact) mass is 270 g/mol. The fourth-order valence-electron chi connectivity index (χ4n) is 2.54. The van der Waals surface area contributed by atoms with Crippen molar-refractivity contribution >= 4 is 11.8 Å². The van der Waals surface area contributed by atoms with Gasteiger partial charge in [0.05, 0.1) is 18.6 Å². The Kier molecular flexibility index (Phi) is 6.28. The molecule has 1 rings (SSSR count). The summed E-state index contributed by atoms with van der Waals surface area (Å²) in [6.07, 6.45) is 2.45. The summed E-state index contributed by atoms with van der Waals surface area (Å²) in [6, 6.07) is -0.180. The second kappa shape index (κ2) is 7.48. The Morgan fingerprint density at radius 3 is 2.63 bits per heavy atom. The van der Waals surface area contributed by atoms with Gasteiger partial charge in [-0.1, -0.05) is 13.8 Å². The van der Waals surface area contributed by atoms with Gasteiger partial charge in [0.25, 0.3) is 0 Å². The second-order valence-electron chi connectivity index (χ2n) is 5.82. The van der Waals surface area contributed by atoms with Crippen molar-refractivity contribution < 1.29 is 14.7 Å². The number of aliphatic hydroxyl groups excluding tert-OH is 1. The Labute approximate surface area is 115 Å². The van der Waals surface area contributed by atoms with Crippen molar-refractivity contribution in [3.05, 3.63) is 0 Å². The van der Waals surface area contributed by atoms with Gasteiger partial charge in [-0.05, 0) is 25.2 Å². The molecule has 1 fully saturated rings. The van der Waals surface area contributed by atoms with E-state index in [-0.39, 0.29) is 30.4 Å². The highest BCUT2D eigenvalue weighted by molar-refractivity contribution is 5.80. The van der Waals surface area contributed by atoms with Crippen LogP contribution >= 0.6 is 0 Å². The number of nitrogens with zero attached hydrogens (tertiary/aromatic N) is 1. The molecule has 19 heavy (non-hydrogen) atoms. The molecule has 1 aliphatic heterocycles. The largest absolute Gasteiger partial charge is 0.394 e. The lowest BCUT2D eigenvalue weighted by Crippen LogP contribution is -2.48. The molecule has 5 heteroatoms. The number of carbonyl (C=O) groups is 2. The fourth-order valence-corrected chi connectivity index (χ4v) is 2.54. The third-order valence-electron chi connectivity index (χ3n) is 3.56. The molecule has 2 amide bonds. The van der Waals surface area contributed by atoms with Gasteiger partial charge in [-0.15, -0.1) is 0 Å². The average Bonchev–Trinajstić information content (AvgIpc) is 2.37. The Hall–Kier alpha value is -1.10. The van der Waals surface area contributed by atoms with E-state index in [4.69, 9.17) is 0 Å². The van der Waals surface area contributed by atoms with E-state index in [0.29, 0.717) is 12.5 Å². The second-order valence-corrected chi connectivity index (χ2v) is 5.82. The van der Waals surface area contributed by atoms with E-state index in [9.17, 15) is 14.7 Å². The van der Waals surface area contributed by atoms with Crippen LogP contribution in [0.2, 0.25) is 0 Å². The van der Waals surface area contributed by atoms with Crippen molar-refractivity contribution in [3.8, 4) is 0 Å². The zero-order valence-electron chi connectivity index (χ0n) is 12.2. The molecular weight excluding hydrogens is 244 g/mol. The average molecular weight is 270 g/mol. The van der Waals surface area contributed by atoms with Gasteiger partial charge in [-0.25, -0.2) is 0 Å². The van der Waals surface area contributed by atoms with Gasteiger partial charge >= 0.3 is 0 Å². The maximum atomic E-state index is 12.2. The summed E-state index contributed by atoms with van der Waals surface area (Å²) in [5.41, 5.74) is 0. The van der Waals surface area contributed by atoms with E-state index < -0.39 is 0 Å². The van der Waals surface area contributed by atoms with Crippen LogP contribution in [-0.4, -0.2) is 47.6 Å². The first-order chi connectivity index (χ1) is 8.93. The molecule has 1 saturated heterocycles. The van der Waals surface area contributed by atoms with Gasteiger partial charge in [0.1, 0.15) is 0 Å². The van der Waals surface area contributed by atoms with Crippen molar-refractivity contribution in [2.24, 2.45) is 11.8 Å². The smallest absolute Gasteiger partial charge is 0.225 e. The predicted molar refractivity (Wildman–Crippen MR) is 73.4 cm³/mol. The first kappa shape index (κ1) is 16.0. The highest BCUT2D eigenvalue weighted by Crippen LogP contribution is 2.17. The Bertz CT molecular complexity index is 318. The minimum absolute atomic E-state index is 0.0263. The summed E-state index contributed by atoms with van der Waals surface area (Å²) in [5, 5.41) is 12.2. The van der Waals surface area contributed by atoms with Crippen molar-refractivity contribution in [2.45, 2.75) is 46.1 Å². The lowest BCUT2D eigenvalue weighted by molar-refractivity contribution is -0.134. The number of aliphatic hydroxyl groups is 1. The number of carbonyl (C=O) groups excluding carboxylic acids is 2. The quantitative estimate of drug-likeness (QED) is 0.775. The number of hydrogen-bond donors (Lipinski definition) is 2. The first-order valence-electron chi connectivity index (χ1n) is 7.10. The van der Waals surface area contributed by atoms with Crippen molar-refractivity contribution in [1.82, 2.24) is 10.2 Å². The zero-order chi connectivity index (χ0) is 14.4. The van der Waals surface area contributed by atoms with Gasteiger partial charge in [-0.3, -0.25) is 9.59 Å². The topological polar surface area (TPSA) is 69.6 Å². The lowest BCUT2D eigenvalue weighted by Gasteiger charge is -2.32. The summed E-state index contributed by atoms with van der Waals surface area (Å²) < 4.78 is 0. The van der Waals surface area contributed by atoms with Crippen molar-refractivity contribution in [1.29, 1.82) is 0 Å². The molecule has 1 aliphatic rings. The van der Waals surface area contributed by atoms with Crippen LogP contribution < -0.4 is 5.32 Å². The summed E-state index contributed by atoms with van der Waals surface area (Å²) in [7, 11) is 0. The number of likely N-dealkylation sites (tertiary alicyclic amines) is 1. The molecule has 0 aromatic carbocycles. The maximum absolute atomic E-state index is 12.2. The van der Waals surface area contributed by atoms with Gasteiger partial charge in [0, 0.05) is 20.0 Å². The zero-order valence-corrected chi connectivity index (χ0v) is 12.2. The molecule has 2 unspecified atom stereocenters. The minimum atomic E-state index is -0.180. The standard InChI is InChI=1S/C14H26N2O3/c1-10(2)7-13(9-17)15-14(19)12-5-4-6-16(8-12)11(3)18/h10,12-13,17H,4-9H2,1-3H3,(H,15,19). The van der Waals surface area contributed by atoms with Crippen molar-refractivity contribution in [2.75, 3.05) is 19.7 Å². The minimum Gasteiger partial charge on any atom is -0.394 e. The molecule has 1 heterocycles. The van der Waals surface area contributed by atoms with E-state index >= 15 is 0 Å². The van der Waals surface area contributed by atoms with Crippen LogP contribution in [0.5, 0.6) is 0 Å². The molecule has 0 aromatic rings. The predicted octanol–water partition coefficient (Wildman–Crippen LogP) is 0.768. The molecule has 0 bridgehead atoms. The van der Waals surface area contributed by atoms with Crippen LogP contribution in [0.25, 0.3) is 0 Å². The molecule has 2 N–H and O–H groups in total. The Morgan fingerprint density at radius 1 is 1.42 bits per heavy atom. The normalized spacial score (nSPS) is 21.3. The number of nitrogens with one attached hydrogen (secondary N) is 1. The fraction of sp³-hybridized carbons (Fsp3) is 0.857. The van der Waals surface area contributed by atoms with Crippen molar-refractivity contribution in [3.63, 3.8) is 0 Å². The Morgan fingerprint density at radius 2 is 2.11 bits per heavy atom. The molecule has 0 aliphatic carbocycles. The van der Waals surface area contributed by atoms with E-state index in [0.717, 1.165) is 25.8 Å². The first-order valence-corrected chi connectivity index (χ1v) is 7.10. The van der Waals surface area contributed by atoms with Gasteiger partial charge in [-0.2, -0.15) is 0 Å². The van der Waals surface area contributed by atoms with Crippen LogP contribution in [0.4, 0.5) is 0 Å². The molecule has 0 spiro atoms. The molecular formula is C14H26N2O3.